The third-order valence-corrected chi connectivity index (χ3v) is 3.40. The molecule has 0 fully saturated rings. The first kappa shape index (κ1) is 15.5. The number of rotatable bonds is 6. The summed E-state index contributed by atoms with van der Waals surface area (Å²) >= 11 is 0. The van der Waals surface area contributed by atoms with Crippen LogP contribution < -0.4 is 10.1 Å². The summed E-state index contributed by atoms with van der Waals surface area (Å²) in [6.45, 7) is 0.360. The fourth-order valence-corrected chi connectivity index (χ4v) is 2.21. The van der Waals surface area contributed by atoms with Gasteiger partial charge in [0.05, 0.1) is 25.7 Å². The molecular formula is C17H17N5O2. The van der Waals surface area contributed by atoms with Crippen molar-refractivity contribution < 1.29 is 9.53 Å². The van der Waals surface area contributed by atoms with E-state index in [0.717, 1.165) is 11.3 Å². The first-order chi connectivity index (χ1) is 11.8. The minimum absolute atomic E-state index is 0.191. The minimum Gasteiger partial charge on any atom is -0.495 e. The topological polar surface area (TPSA) is 84.8 Å². The zero-order chi connectivity index (χ0) is 16.8. The highest BCUT2D eigenvalue weighted by Crippen LogP contribution is 2.24. The molecule has 0 atom stereocenters. The highest BCUT2D eigenvalue weighted by Gasteiger charge is 2.05. The number of methoxy groups -OCH3 is 1. The molecule has 24 heavy (non-hydrogen) atoms. The standard InChI is InChI=1S/C17H17N5O2/c1-24-15-10-13(2-4-14(15)22-9-8-18-12-22)3-5-17(23)21-11-16-19-6-7-20-16/h2-10,12H,11H2,1H3,(H,19,20)(H,21,23). The van der Waals surface area contributed by atoms with E-state index in [4.69, 9.17) is 4.74 Å². The van der Waals surface area contributed by atoms with Crippen LogP contribution in [0.15, 0.2) is 55.4 Å². The van der Waals surface area contributed by atoms with Crippen molar-refractivity contribution in [3.63, 3.8) is 0 Å². The molecule has 0 radical (unpaired) electrons. The van der Waals surface area contributed by atoms with E-state index in [-0.39, 0.29) is 5.91 Å². The number of benzene rings is 1. The van der Waals surface area contributed by atoms with Crippen LogP contribution in [0.5, 0.6) is 5.75 Å². The van der Waals surface area contributed by atoms with Gasteiger partial charge in [-0.2, -0.15) is 0 Å². The van der Waals surface area contributed by atoms with E-state index in [9.17, 15) is 4.79 Å². The largest absolute Gasteiger partial charge is 0.495 e. The van der Waals surface area contributed by atoms with Crippen molar-refractivity contribution in [1.29, 1.82) is 0 Å². The van der Waals surface area contributed by atoms with E-state index >= 15 is 0 Å². The number of aromatic amines is 1. The van der Waals surface area contributed by atoms with Crippen molar-refractivity contribution in [1.82, 2.24) is 24.8 Å². The number of H-pyrrole nitrogens is 1. The maximum absolute atomic E-state index is 11.8. The minimum atomic E-state index is -0.191. The molecule has 0 spiro atoms. The summed E-state index contributed by atoms with van der Waals surface area (Å²) in [6.07, 6.45) is 11.8. The van der Waals surface area contributed by atoms with Crippen LogP contribution in [0.4, 0.5) is 0 Å². The Hall–Kier alpha value is -3.35. The van der Waals surface area contributed by atoms with E-state index in [1.54, 1.807) is 38.1 Å². The second-order valence-electron chi connectivity index (χ2n) is 4.99. The number of hydrogen-bond donors (Lipinski definition) is 2. The molecule has 0 bridgehead atoms. The van der Waals surface area contributed by atoms with Crippen LogP contribution in [-0.2, 0) is 11.3 Å². The molecule has 0 unspecified atom stereocenters. The van der Waals surface area contributed by atoms with Crippen molar-refractivity contribution >= 4 is 12.0 Å². The molecule has 7 heteroatoms. The molecule has 7 nitrogen and oxygen atoms in total. The number of carbonyl (C=O) groups is 1. The lowest BCUT2D eigenvalue weighted by molar-refractivity contribution is -0.116. The van der Waals surface area contributed by atoms with Crippen molar-refractivity contribution in [2.24, 2.45) is 0 Å². The number of carbonyl (C=O) groups excluding carboxylic acids is 1. The monoisotopic (exact) mass is 323 g/mol. The maximum Gasteiger partial charge on any atom is 0.244 e. The SMILES string of the molecule is COc1cc(C=CC(=O)NCc2ncc[nH]2)ccc1-n1ccnc1. The summed E-state index contributed by atoms with van der Waals surface area (Å²) < 4.78 is 7.28. The number of nitrogens with one attached hydrogen (secondary N) is 2. The van der Waals surface area contributed by atoms with Crippen LogP contribution in [0.2, 0.25) is 0 Å². The Kier molecular flexibility index (Phi) is 4.71. The van der Waals surface area contributed by atoms with Crippen LogP contribution in [0.25, 0.3) is 11.8 Å². The van der Waals surface area contributed by atoms with Gasteiger partial charge in [-0.3, -0.25) is 4.79 Å². The third kappa shape index (κ3) is 3.70. The number of hydrogen-bond acceptors (Lipinski definition) is 4. The Morgan fingerprint density at radius 3 is 3.04 bits per heavy atom. The molecule has 1 aromatic carbocycles. The van der Waals surface area contributed by atoms with Gasteiger partial charge in [-0.15, -0.1) is 0 Å². The van der Waals surface area contributed by atoms with Crippen molar-refractivity contribution in [3.05, 3.63) is 66.8 Å². The summed E-state index contributed by atoms with van der Waals surface area (Å²) in [5.41, 5.74) is 1.75. The Labute approximate surface area is 139 Å². The molecule has 0 saturated heterocycles. The molecule has 3 aromatic rings. The molecule has 0 aliphatic rings. The number of nitrogens with zero attached hydrogens (tertiary/aromatic N) is 3. The Morgan fingerprint density at radius 2 is 2.33 bits per heavy atom. The van der Waals surface area contributed by atoms with Gasteiger partial charge in [-0.25, -0.2) is 9.97 Å². The second kappa shape index (κ2) is 7.28. The van der Waals surface area contributed by atoms with Crippen molar-refractivity contribution in [2.45, 2.75) is 6.54 Å². The Morgan fingerprint density at radius 1 is 1.42 bits per heavy atom. The highest BCUT2D eigenvalue weighted by molar-refractivity contribution is 5.91. The zero-order valence-electron chi connectivity index (χ0n) is 13.1. The van der Waals surface area contributed by atoms with Gasteiger partial charge < -0.3 is 19.6 Å². The number of ether oxygens (including phenoxy) is 1. The van der Waals surface area contributed by atoms with Crippen LogP contribution in [0, 0.1) is 0 Å². The molecule has 2 N–H and O–H groups in total. The maximum atomic E-state index is 11.8. The van der Waals surface area contributed by atoms with Gasteiger partial charge in [0, 0.05) is 30.9 Å². The van der Waals surface area contributed by atoms with E-state index in [2.05, 4.69) is 20.3 Å². The van der Waals surface area contributed by atoms with E-state index in [1.165, 1.54) is 6.08 Å². The highest BCUT2D eigenvalue weighted by atomic mass is 16.5. The van der Waals surface area contributed by atoms with Gasteiger partial charge in [-0.1, -0.05) is 6.07 Å². The molecule has 1 amide bonds. The molecule has 2 aromatic heterocycles. The van der Waals surface area contributed by atoms with E-state index < -0.39 is 0 Å². The van der Waals surface area contributed by atoms with Crippen LogP contribution in [-0.4, -0.2) is 32.5 Å². The predicted molar refractivity (Wildman–Crippen MR) is 89.6 cm³/mol. The van der Waals surface area contributed by atoms with Gasteiger partial charge in [0.15, 0.2) is 0 Å². The second-order valence-corrected chi connectivity index (χ2v) is 4.99. The summed E-state index contributed by atoms with van der Waals surface area (Å²) in [6, 6.07) is 5.70. The van der Waals surface area contributed by atoms with Gasteiger partial charge in [0.25, 0.3) is 0 Å². The average Bonchev–Trinajstić information content (AvgIpc) is 3.31. The first-order valence-electron chi connectivity index (χ1n) is 7.37. The van der Waals surface area contributed by atoms with Gasteiger partial charge in [0.1, 0.15) is 11.6 Å². The number of aromatic nitrogens is 4. The Bertz CT molecular complexity index is 823. The van der Waals surface area contributed by atoms with E-state index in [1.807, 2.05) is 29.0 Å². The molecule has 0 aliphatic carbocycles. The number of amides is 1. The van der Waals surface area contributed by atoms with Crippen molar-refractivity contribution in [3.8, 4) is 11.4 Å². The summed E-state index contributed by atoms with van der Waals surface area (Å²) in [4.78, 5) is 22.8. The predicted octanol–water partition coefficient (Wildman–Crippen LogP) is 1.93. The molecule has 3 rings (SSSR count). The molecular weight excluding hydrogens is 306 g/mol. The normalized spacial score (nSPS) is 10.9. The summed E-state index contributed by atoms with van der Waals surface area (Å²) in [5, 5.41) is 2.75. The molecule has 2 heterocycles. The molecule has 0 aliphatic heterocycles. The number of imidazole rings is 2. The Balaban J connectivity index is 1.67. The average molecular weight is 323 g/mol. The molecule has 122 valence electrons. The van der Waals surface area contributed by atoms with Gasteiger partial charge in [0.2, 0.25) is 5.91 Å². The molecule has 0 saturated carbocycles. The lowest BCUT2D eigenvalue weighted by Gasteiger charge is -2.09. The lowest BCUT2D eigenvalue weighted by Crippen LogP contribution is -2.20. The smallest absolute Gasteiger partial charge is 0.244 e. The van der Waals surface area contributed by atoms with Crippen LogP contribution in [0.1, 0.15) is 11.4 Å². The first-order valence-corrected chi connectivity index (χ1v) is 7.37. The van der Waals surface area contributed by atoms with Crippen molar-refractivity contribution in [2.75, 3.05) is 7.11 Å². The quantitative estimate of drug-likeness (QED) is 0.679. The van der Waals surface area contributed by atoms with Crippen LogP contribution >= 0.6 is 0 Å². The van der Waals surface area contributed by atoms with Gasteiger partial charge >= 0.3 is 0 Å². The summed E-state index contributed by atoms with van der Waals surface area (Å²) in [7, 11) is 1.61. The summed E-state index contributed by atoms with van der Waals surface area (Å²) in [5.74, 6) is 1.22. The fourth-order valence-electron chi connectivity index (χ4n) is 2.21. The fraction of sp³-hybridized carbons (Fsp3) is 0.118. The zero-order valence-corrected chi connectivity index (χ0v) is 13.1. The van der Waals surface area contributed by atoms with Crippen LogP contribution in [0.3, 0.4) is 0 Å². The third-order valence-electron chi connectivity index (χ3n) is 3.40. The van der Waals surface area contributed by atoms with Gasteiger partial charge in [-0.05, 0) is 23.8 Å². The lowest BCUT2D eigenvalue weighted by atomic mass is 10.1. The van der Waals surface area contributed by atoms with E-state index in [0.29, 0.717) is 18.1 Å².